The number of alkyl halides is 1. The van der Waals surface area contributed by atoms with Crippen LogP contribution in [-0.2, 0) is 9.59 Å². The summed E-state index contributed by atoms with van der Waals surface area (Å²) in [6.45, 7) is 0.965. The number of carbonyl (C=O) groups is 2. The van der Waals surface area contributed by atoms with Crippen LogP contribution in [0.1, 0.15) is 12.8 Å². The molecule has 0 radical (unpaired) electrons. The number of likely N-dealkylation sites (tertiary alicyclic amines) is 1. The lowest BCUT2D eigenvalue weighted by Crippen LogP contribution is -2.31. The van der Waals surface area contributed by atoms with Gasteiger partial charge in [-0.25, -0.2) is 4.79 Å². The molecule has 6 heteroatoms. The fourth-order valence-electron chi connectivity index (χ4n) is 1.58. The van der Waals surface area contributed by atoms with Crippen molar-refractivity contribution < 1.29 is 19.8 Å². The minimum atomic E-state index is -1.37. The second-order valence-corrected chi connectivity index (χ2v) is 4.35. The van der Waals surface area contributed by atoms with Gasteiger partial charge in [0, 0.05) is 31.3 Å². The highest BCUT2D eigenvalue weighted by atomic mass is 79.9. The molecule has 0 spiro atoms. The quantitative estimate of drug-likeness (QED) is 0.698. The van der Waals surface area contributed by atoms with Crippen LogP contribution in [0, 0.1) is 5.92 Å². The highest BCUT2D eigenvalue weighted by molar-refractivity contribution is 9.09. The maximum atomic E-state index is 11.4. The zero-order valence-corrected chi connectivity index (χ0v) is 9.81. The topological polar surface area (TPSA) is 77.8 Å². The van der Waals surface area contributed by atoms with Crippen molar-refractivity contribution in [1.29, 1.82) is 0 Å². The molecule has 5 nitrogen and oxygen atoms in total. The lowest BCUT2D eigenvalue weighted by molar-refractivity contribution is -0.147. The maximum absolute atomic E-state index is 11.4. The standard InChI is InChI=1S/C9H14BrNO4/c10-4-6-3-8(13)11(5-6)2-1-7(12)9(14)15/h6-7,12H,1-5H2,(H,14,15)/t6?,7-/m0/s1. The first-order valence-corrected chi connectivity index (χ1v) is 5.91. The number of carboxylic acid groups (broad SMARTS) is 1. The highest BCUT2D eigenvalue weighted by Crippen LogP contribution is 2.19. The molecular formula is C9H14BrNO4. The molecule has 1 amide bonds. The molecule has 2 atom stereocenters. The lowest BCUT2D eigenvalue weighted by Gasteiger charge is -2.16. The number of rotatable bonds is 5. The summed E-state index contributed by atoms with van der Waals surface area (Å²) in [5, 5.41) is 18.3. The Hall–Kier alpha value is -0.620. The van der Waals surface area contributed by atoms with E-state index in [9.17, 15) is 9.59 Å². The molecule has 1 aliphatic heterocycles. The number of nitrogens with zero attached hydrogens (tertiary/aromatic N) is 1. The Morgan fingerprint density at radius 1 is 1.67 bits per heavy atom. The molecule has 15 heavy (non-hydrogen) atoms. The summed E-state index contributed by atoms with van der Waals surface area (Å²) < 4.78 is 0. The van der Waals surface area contributed by atoms with Crippen LogP contribution in [0.2, 0.25) is 0 Å². The maximum Gasteiger partial charge on any atom is 0.332 e. The Balaban J connectivity index is 2.33. The van der Waals surface area contributed by atoms with E-state index in [1.807, 2.05) is 0 Å². The first-order valence-electron chi connectivity index (χ1n) is 4.79. The number of carbonyl (C=O) groups excluding carboxylic acids is 1. The Labute approximate surface area is 96.2 Å². The van der Waals surface area contributed by atoms with Gasteiger partial charge in [-0.05, 0) is 5.92 Å². The van der Waals surface area contributed by atoms with Crippen molar-refractivity contribution in [3.05, 3.63) is 0 Å². The Kier molecular flexibility index (Phi) is 4.53. The number of aliphatic carboxylic acids is 1. The third-order valence-electron chi connectivity index (χ3n) is 2.47. The summed E-state index contributed by atoms with van der Waals surface area (Å²) in [4.78, 5) is 23.4. The molecule has 0 aliphatic carbocycles. The molecule has 2 N–H and O–H groups in total. The van der Waals surface area contributed by atoms with Crippen molar-refractivity contribution >= 4 is 27.8 Å². The van der Waals surface area contributed by atoms with Gasteiger partial charge in [0.2, 0.25) is 5.91 Å². The van der Waals surface area contributed by atoms with E-state index in [0.717, 1.165) is 5.33 Å². The van der Waals surface area contributed by atoms with Gasteiger partial charge in [0.05, 0.1) is 0 Å². The largest absolute Gasteiger partial charge is 0.479 e. The first-order chi connectivity index (χ1) is 7.04. The summed E-state index contributed by atoms with van der Waals surface area (Å²) in [6.07, 6.45) is -0.773. The fourth-order valence-corrected chi connectivity index (χ4v) is 2.01. The Morgan fingerprint density at radius 3 is 2.80 bits per heavy atom. The summed E-state index contributed by atoms with van der Waals surface area (Å²) in [5.74, 6) is -0.893. The molecule has 86 valence electrons. The van der Waals surface area contributed by atoms with Crippen molar-refractivity contribution in [2.75, 3.05) is 18.4 Å². The minimum Gasteiger partial charge on any atom is -0.479 e. The van der Waals surface area contributed by atoms with Crippen LogP contribution < -0.4 is 0 Å². The molecule has 0 aromatic carbocycles. The van der Waals surface area contributed by atoms with Crippen LogP contribution >= 0.6 is 15.9 Å². The molecular weight excluding hydrogens is 266 g/mol. The zero-order valence-electron chi connectivity index (χ0n) is 8.23. The molecule has 1 heterocycles. The highest BCUT2D eigenvalue weighted by Gasteiger charge is 2.29. The average molecular weight is 280 g/mol. The lowest BCUT2D eigenvalue weighted by atomic mass is 10.2. The van der Waals surface area contributed by atoms with Gasteiger partial charge in [-0.15, -0.1) is 0 Å². The van der Waals surface area contributed by atoms with E-state index in [1.165, 1.54) is 0 Å². The first kappa shape index (κ1) is 12.4. The van der Waals surface area contributed by atoms with Gasteiger partial charge in [-0.1, -0.05) is 15.9 Å². The Bertz CT molecular complexity index is 258. The van der Waals surface area contributed by atoms with E-state index in [4.69, 9.17) is 10.2 Å². The van der Waals surface area contributed by atoms with E-state index in [0.29, 0.717) is 25.4 Å². The second-order valence-electron chi connectivity index (χ2n) is 3.71. The normalized spacial score (nSPS) is 23.2. The van der Waals surface area contributed by atoms with Gasteiger partial charge in [0.25, 0.3) is 0 Å². The van der Waals surface area contributed by atoms with Gasteiger partial charge in [-0.2, -0.15) is 0 Å². The number of aliphatic hydroxyl groups excluding tert-OH is 1. The third kappa shape index (κ3) is 3.46. The predicted molar refractivity (Wildman–Crippen MR) is 56.7 cm³/mol. The minimum absolute atomic E-state index is 0.0389. The molecule has 1 rings (SSSR count). The van der Waals surface area contributed by atoms with Crippen molar-refractivity contribution in [3.63, 3.8) is 0 Å². The molecule has 1 unspecified atom stereocenters. The summed E-state index contributed by atoms with van der Waals surface area (Å²) in [5.41, 5.74) is 0. The number of amides is 1. The van der Waals surface area contributed by atoms with Crippen LogP contribution in [0.3, 0.4) is 0 Å². The predicted octanol–water partition coefficient (Wildman–Crippen LogP) is 0.0654. The zero-order chi connectivity index (χ0) is 11.4. The van der Waals surface area contributed by atoms with Crippen LogP contribution in [-0.4, -0.2) is 51.5 Å². The summed E-state index contributed by atoms with van der Waals surface area (Å²) in [6, 6.07) is 0. The summed E-state index contributed by atoms with van der Waals surface area (Å²) in [7, 11) is 0. The van der Waals surface area contributed by atoms with Crippen LogP contribution in [0.15, 0.2) is 0 Å². The average Bonchev–Trinajstić information content (AvgIpc) is 2.55. The van der Waals surface area contributed by atoms with E-state index < -0.39 is 12.1 Å². The summed E-state index contributed by atoms with van der Waals surface area (Å²) >= 11 is 3.31. The molecule has 0 aromatic rings. The van der Waals surface area contributed by atoms with E-state index in [1.54, 1.807) is 4.90 Å². The smallest absolute Gasteiger partial charge is 0.332 e. The van der Waals surface area contributed by atoms with Gasteiger partial charge >= 0.3 is 5.97 Å². The molecule has 1 aliphatic rings. The SMILES string of the molecule is O=C(O)[C@@H](O)CCN1CC(CBr)CC1=O. The van der Waals surface area contributed by atoms with Crippen molar-refractivity contribution in [1.82, 2.24) is 4.90 Å². The third-order valence-corrected chi connectivity index (χ3v) is 3.39. The van der Waals surface area contributed by atoms with Gasteiger partial charge in [0.15, 0.2) is 6.10 Å². The second kappa shape index (κ2) is 5.46. The van der Waals surface area contributed by atoms with Gasteiger partial charge in [-0.3, -0.25) is 4.79 Å². The van der Waals surface area contributed by atoms with Crippen LogP contribution in [0.4, 0.5) is 0 Å². The van der Waals surface area contributed by atoms with Crippen molar-refractivity contribution in [3.8, 4) is 0 Å². The molecule has 0 saturated carbocycles. The fraction of sp³-hybridized carbons (Fsp3) is 0.778. The molecule has 0 aromatic heterocycles. The van der Waals surface area contributed by atoms with E-state index in [-0.39, 0.29) is 12.3 Å². The van der Waals surface area contributed by atoms with Crippen molar-refractivity contribution in [2.24, 2.45) is 5.92 Å². The number of hydrogen-bond donors (Lipinski definition) is 2. The number of halogens is 1. The van der Waals surface area contributed by atoms with Crippen molar-refractivity contribution in [2.45, 2.75) is 18.9 Å². The van der Waals surface area contributed by atoms with E-state index >= 15 is 0 Å². The molecule has 1 saturated heterocycles. The monoisotopic (exact) mass is 279 g/mol. The number of hydrogen-bond acceptors (Lipinski definition) is 3. The van der Waals surface area contributed by atoms with E-state index in [2.05, 4.69) is 15.9 Å². The van der Waals surface area contributed by atoms with Gasteiger partial charge in [0.1, 0.15) is 0 Å². The van der Waals surface area contributed by atoms with Crippen LogP contribution in [0.5, 0.6) is 0 Å². The molecule has 0 bridgehead atoms. The van der Waals surface area contributed by atoms with Gasteiger partial charge < -0.3 is 15.1 Å². The Morgan fingerprint density at radius 2 is 2.33 bits per heavy atom. The van der Waals surface area contributed by atoms with Crippen LogP contribution in [0.25, 0.3) is 0 Å². The molecule has 1 fully saturated rings. The number of aliphatic hydroxyl groups is 1. The number of carboxylic acids is 1.